The number of carbonyl (C=O) groups is 2. The Hall–Kier alpha value is -2.26. The van der Waals surface area contributed by atoms with Gasteiger partial charge in [-0.25, -0.2) is 13.6 Å². The van der Waals surface area contributed by atoms with Crippen LogP contribution in [0.25, 0.3) is 0 Å². The van der Waals surface area contributed by atoms with Crippen molar-refractivity contribution >= 4 is 23.3 Å². The number of hydrogen-bond donors (Lipinski definition) is 0. The number of hydrogen-bond acceptors (Lipinski definition) is 6. The lowest BCUT2D eigenvalue weighted by molar-refractivity contribution is -0.168. The summed E-state index contributed by atoms with van der Waals surface area (Å²) < 4.78 is 34.9. The molecule has 9 heteroatoms. The molecule has 2 fully saturated rings. The van der Waals surface area contributed by atoms with E-state index in [1.165, 1.54) is 11.8 Å². The van der Waals surface area contributed by atoms with Crippen molar-refractivity contribution in [2.24, 2.45) is 0 Å². The van der Waals surface area contributed by atoms with Crippen LogP contribution in [0.4, 0.5) is 25.0 Å². The second-order valence-corrected chi connectivity index (χ2v) is 7.67. The van der Waals surface area contributed by atoms with E-state index in [9.17, 15) is 18.4 Å². The number of hydroxylamine groups is 2. The van der Waals surface area contributed by atoms with Crippen molar-refractivity contribution in [3.63, 3.8) is 0 Å². The molecule has 3 rings (SSSR count). The largest absolute Gasteiger partial charge is 0.444 e. The fourth-order valence-electron chi connectivity index (χ4n) is 3.55. The Bertz CT molecular complexity index is 751. The molecule has 1 aromatic rings. The van der Waals surface area contributed by atoms with E-state index in [0.29, 0.717) is 32.7 Å². The van der Waals surface area contributed by atoms with Crippen molar-refractivity contribution in [1.29, 1.82) is 0 Å². The van der Waals surface area contributed by atoms with Gasteiger partial charge in [-0.1, -0.05) is 0 Å². The number of Topliss-reactive ketones (excluding diaryl/α,β-unsaturated/α-hetero) is 1. The van der Waals surface area contributed by atoms with Crippen molar-refractivity contribution < 1.29 is 27.9 Å². The summed E-state index contributed by atoms with van der Waals surface area (Å²) in [5, 5.41) is 1.80. The number of amides is 1. The number of halogens is 2. The smallest absolute Gasteiger partial charge is 0.414 e. The van der Waals surface area contributed by atoms with Crippen LogP contribution in [0.15, 0.2) is 12.1 Å². The first-order valence-electron chi connectivity index (χ1n) is 9.87. The first-order chi connectivity index (χ1) is 13.8. The van der Waals surface area contributed by atoms with Gasteiger partial charge in [0.15, 0.2) is 11.6 Å². The number of nitrogens with zero attached hydrogens (tertiary/aromatic N) is 3. The summed E-state index contributed by atoms with van der Waals surface area (Å²) in [6.07, 6.45) is -0.457. The van der Waals surface area contributed by atoms with Gasteiger partial charge in [0, 0.05) is 44.2 Å². The van der Waals surface area contributed by atoms with Gasteiger partial charge in [-0.2, -0.15) is 5.06 Å². The third kappa shape index (κ3) is 5.02. The number of rotatable bonds is 6. The molecule has 7 nitrogen and oxygen atoms in total. The van der Waals surface area contributed by atoms with Crippen LogP contribution in [0.5, 0.6) is 0 Å². The number of cyclic esters (lactones) is 1. The van der Waals surface area contributed by atoms with Crippen LogP contribution in [0, 0.1) is 11.6 Å². The zero-order chi connectivity index (χ0) is 21.1. The highest BCUT2D eigenvalue weighted by molar-refractivity contribution is 5.90. The number of carbonyl (C=O) groups excluding carboxylic acids is 2. The second-order valence-electron chi connectivity index (χ2n) is 7.67. The summed E-state index contributed by atoms with van der Waals surface area (Å²) in [5.74, 6) is -1.48. The molecule has 0 bridgehead atoms. The molecule has 29 heavy (non-hydrogen) atoms. The Balaban J connectivity index is 1.74. The second kappa shape index (κ2) is 9.04. The van der Waals surface area contributed by atoms with Crippen molar-refractivity contribution in [1.82, 2.24) is 5.06 Å². The summed E-state index contributed by atoms with van der Waals surface area (Å²) in [6.45, 7) is 7.23. The van der Waals surface area contributed by atoms with E-state index in [4.69, 9.17) is 9.57 Å². The Morgan fingerprint density at radius 1 is 1.21 bits per heavy atom. The number of benzene rings is 1. The lowest BCUT2D eigenvalue weighted by Gasteiger charge is -2.25. The predicted octanol–water partition coefficient (Wildman–Crippen LogP) is 3.12. The van der Waals surface area contributed by atoms with E-state index in [0.717, 1.165) is 12.1 Å². The molecule has 1 amide bonds. The van der Waals surface area contributed by atoms with Crippen molar-refractivity contribution in [3.05, 3.63) is 23.8 Å². The molecular weight excluding hydrogens is 384 g/mol. The minimum Gasteiger partial charge on any atom is -0.444 e. The third-order valence-electron chi connectivity index (χ3n) is 5.11. The zero-order valence-electron chi connectivity index (χ0n) is 17.0. The predicted molar refractivity (Wildman–Crippen MR) is 104 cm³/mol. The van der Waals surface area contributed by atoms with Crippen molar-refractivity contribution in [2.45, 2.75) is 45.8 Å². The third-order valence-corrected chi connectivity index (χ3v) is 5.11. The summed E-state index contributed by atoms with van der Waals surface area (Å²) in [5.41, 5.74) is -0.0161. The molecule has 2 aliphatic rings. The van der Waals surface area contributed by atoms with Crippen LogP contribution in [0.2, 0.25) is 0 Å². The van der Waals surface area contributed by atoms with Crippen LogP contribution >= 0.6 is 0 Å². The summed E-state index contributed by atoms with van der Waals surface area (Å²) in [6, 6.07) is 2.47. The van der Waals surface area contributed by atoms with Gasteiger partial charge in [-0.05, 0) is 27.2 Å². The van der Waals surface area contributed by atoms with Gasteiger partial charge < -0.3 is 14.4 Å². The van der Waals surface area contributed by atoms with Gasteiger partial charge in [0.05, 0.1) is 18.8 Å². The van der Waals surface area contributed by atoms with Crippen molar-refractivity contribution in [3.8, 4) is 0 Å². The maximum Gasteiger partial charge on any atom is 0.414 e. The molecule has 2 saturated heterocycles. The van der Waals surface area contributed by atoms with Crippen LogP contribution in [-0.2, 0) is 14.4 Å². The molecule has 0 spiro atoms. The van der Waals surface area contributed by atoms with E-state index in [-0.39, 0.29) is 36.2 Å². The maximum absolute atomic E-state index is 14.9. The van der Waals surface area contributed by atoms with Gasteiger partial charge in [-0.3, -0.25) is 9.74 Å². The molecule has 0 unspecified atom stereocenters. The number of anilines is 2. The van der Waals surface area contributed by atoms with Crippen molar-refractivity contribution in [2.75, 3.05) is 42.6 Å². The molecule has 2 aliphatic heterocycles. The Labute approximate surface area is 169 Å². The highest BCUT2D eigenvalue weighted by Crippen LogP contribution is 2.32. The summed E-state index contributed by atoms with van der Waals surface area (Å²) in [7, 11) is 0. The number of ether oxygens (including phenoxy) is 1. The first kappa shape index (κ1) is 21.4. The first-order valence-corrected chi connectivity index (χ1v) is 9.87. The molecule has 0 aromatic heterocycles. The van der Waals surface area contributed by atoms with Gasteiger partial charge in [0.1, 0.15) is 17.6 Å². The normalized spacial score (nSPS) is 20.9. The quantitative estimate of drug-likeness (QED) is 0.717. The molecule has 0 aliphatic carbocycles. The maximum atomic E-state index is 14.9. The molecular formula is C20H27F2N3O4. The fraction of sp³-hybridized carbons (Fsp3) is 0.600. The topological polar surface area (TPSA) is 62.3 Å². The SMILES string of the molecule is CC(=O)CC[C@H]1CN(c2cc(F)c(N3CCON(C(C)C)CC3)c(F)c2)C(=O)O1. The number of ketones is 1. The lowest BCUT2D eigenvalue weighted by atomic mass is 10.1. The lowest BCUT2D eigenvalue weighted by Crippen LogP contribution is -2.34. The minimum absolute atomic E-state index is 0.00148. The highest BCUT2D eigenvalue weighted by Gasteiger charge is 2.34. The van der Waals surface area contributed by atoms with Gasteiger partial charge in [-0.15, -0.1) is 0 Å². The Morgan fingerprint density at radius 2 is 1.90 bits per heavy atom. The van der Waals surface area contributed by atoms with E-state index in [2.05, 4.69) is 0 Å². The summed E-state index contributed by atoms with van der Waals surface area (Å²) >= 11 is 0. The minimum atomic E-state index is -0.738. The molecule has 0 radical (unpaired) electrons. The average molecular weight is 411 g/mol. The van der Waals surface area contributed by atoms with Crippen LogP contribution in [0.1, 0.15) is 33.6 Å². The standard InChI is InChI=1S/C20H27F2N3O4/c1-13(2)25-7-6-23(8-9-28-25)19-17(21)10-15(11-18(19)22)24-12-16(29-20(24)27)5-4-14(3)26/h10-11,13,16H,4-9,12H2,1-3H3/t16-/m0/s1. The van der Waals surface area contributed by atoms with Crippen LogP contribution in [-0.4, -0.2) is 61.9 Å². The Kier molecular flexibility index (Phi) is 6.69. The average Bonchev–Trinajstić information content (AvgIpc) is 2.85. The fourth-order valence-corrected chi connectivity index (χ4v) is 3.55. The van der Waals surface area contributed by atoms with Gasteiger partial charge >= 0.3 is 6.09 Å². The molecule has 2 heterocycles. The molecule has 0 saturated carbocycles. The van der Waals surface area contributed by atoms with Gasteiger partial charge in [0.25, 0.3) is 0 Å². The highest BCUT2D eigenvalue weighted by atomic mass is 19.1. The Morgan fingerprint density at radius 3 is 2.52 bits per heavy atom. The summed E-state index contributed by atoms with van der Waals surface area (Å²) in [4.78, 5) is 31.7. The molecule has 0 N–H and O–H groups in total. The van der Waals surface area contributed by atoms with E-state index < -0.39 is 23.8 Å². The van der Waals surface area contributed by atoms with Crippen LogP contribution < -0.4 is 9.80 Å². The molecule has 160 valence electrons. The van der Waals surface area contributed by atoms with Crippen LogP contribution in [0.3, 0.4) is 0 Å². The van der Waals surface area contributed by atoms with E-state index in [1.54, 1.807) is 9.96 Å². The molecule has 1 atom stereocenters. The zero-order valence-corrected chi connectivity index (χ0v) is 17.0. The van der Waals surface area contributed by atoms with E-state index >= 15 is 0 Å². The monoisotopic (exact) mass is 411 g/mol. The molecule has 1 aromatic carbocycles. The van der Waals surface area contributed by atoms with E-state index in [1.807, 2.05) is 13.8 Å². The van der Waals surface area contributed by atoms with Gasteiger partial charge in [0.2, 0.25) is 0 Å².